The predicted molar refractivity (Wildman–Crippen MR) is 79.6 cm³/mol. The van der Waals surface area contributed by atoms with Gasteiger partial charge in [-0.3, -0.25) is 4.68 Å². The van der Waals surface area contributed by atoms with E-state index in [0.29, 0.717) is 18.2 Å². The minimum Gasteiger partial charge on any atom is -0.378 e. The average molecular weight is 277 g/mol. The van der Waals surface area contributed by atoms with Gasteiger partial charge in [0.1, 0.15) is 0 Å². The topological polar surface area (TPSA) is 39.1 Å². The Morgan fingerprint density at radius 2 is 2.15 bits per heavy atom. The molecule has 0 bridgehead atoms. The number of hydrogen-bond donors (Lipinski definition) is 1. The van der Waals surface area contributed by atoms with Gasteiger partial charge in [0.05, 0.1) is 17.8 Å². The van der Waals surface area contributed by atoms with E-state index >= 15 is 0 Å². The van der Waals surface area contributed by atoms with Crippen molar-refractivity contribution in [2.75, 3.05) is 6.61 Å². The molecule has 0 aromatic carbocycles. The second-order valence-corrected chi connectivity index (χ2v) is 6.36. The molecule has 4 nitrogen and oxygen atoms in total. The minimum atomic E-state index is 0.390. The molecule has 20 heavy (non-hydrogen) atoms. The fraction of sp³-hybridized carbons (Fsp3) is 0.812. The Kier molecular flexibility index (Phi) is 4.73. The van der Waals surface area contributed by atoms with Gasteiger partial charge in [0.2, 0.25) is 0 Å². The molecule has 2 aliphatic rings. The van der Waals surface area contributed by atoms with Gasteiger partial charge in [-0.25, -0.2) is 0 Å². The van der Waals surface area contributed by atoms with Crippen LogP contribution in [0.5, 0.6) is 0 Å². The van der Waals surface area contributed by atoms with Crippen molar-refractivity contribution in [2.24, 2.45) is 0 Å². The highest BCUT2D eigenvalue weighted by atomic mass is 16.5. The highest BCUT2D eigenvalue weighted by Crippen LogP contribution is 2.27. The normalized spacial score (nSPS) is 28.6. The molecular weight excluding hydrogens is 250 g/mol. The van der Waals surface area contributed by atoms with Crippen LogP contribution in [-0.2, 0) is 11.3 Å². The Bertz CT molecular complexity index is 412. The summed E-state index contributed by atoms with van der Waals surface area (Å²) in [7, 11) is 0. The summed E-state index contributed by atoms with van der Waals surface area (Å²) in [5.41, 5.74) is 1.18. The smallest absolute Gasteiger partial charge is 0.0762 e. The molecule has 1 aliphatic heterocycles. The molecule has 0 amide bonds. The molecule has 2 atom stereocenters. The van der Waals surface area contributed by atoms with Crippen molar-refractivity contribution >= 4 is 0 Å². The van der Waals surface area contributed by atoms with E-state index in [2.05, 4.69) is 29.2 Å². The highest BCUT2D eigenvalue weighted by molar-refractivity contribution is 5.00. The molecular formula is C16H27N3O. The van der Waals surface area contributed by atoms with E-state index in [0.717, 1.165) is 26.0 Å². The molecule has 112 valence electrons. The molecule has 2 fully saturated rings. The fourth-order valence-electron chi connectivity index (χ4n) is 3.45. The van der Waals surface area contributed by atoms with Crippen LogP contribution < -0.4 is 5.32 Å². The third-order valence-electron chi connectivity index (χ3n) is 4.67. The summed E-state index contributed by atoms with van der Waals surface area (Å²) in [6.45, 7) is 3.93. The summed E-state index contributed by atoms with van der Waals surface area (Å²) in [6, 6.07) is 3.39. The molecule has 1 N–H and O–H groups in total. The van der Waals surface area contributed by atoms with E-state index in [1.807, 2.05) is 0 Å². The van der Waals surface area contributed by atoms with Crippen molar-refractivity contribution in [1.82, 2.24) is 15.1 Å². The summed E-state index contributed by atoms with van der Waals surface area (Å²) < 4.78 is 7.78. The first-order chi connectivity index (χ1) is 9.81. The first-order valence-electron chi connectivity index (χ1n) is 8.20. The summed E-state index contributed by atoms with van der Waals surface area (Å²) >= 11 is 0. The third-order valence-corrected chi connectivity index (χ3v) is 4.67. The largest absolute Gasteiger partial charge is 0.378 e. The lowest BCUT2D eigenvalue weighted by Crippen LogP contribution is -2.37. The molecule has 4 heteroatoms. The van der Waals surface area contributed by atoms with Gasteiger partial charge in [-0.15, -0.1) is 0 Å². The lowest BCUT2D eigenvalue weighted by atomic mass is 9.96. The van der Waals surface area contributed by atoms with Gasteiger partial charge in [0.25, 0.3) is 0 Å². The average Bonchev–Trinajstić information content (AvgIpc) is 2.95. The monoisotopic (exact) mass is 277 g/mol. The summed E-state index contributed by atoms with van der Waals surface area (Å²) in [5, 5.41) is 8.39. The zero-order chi connectivity index (χ0) is 13.8. The summed E-state index contributed by atoms with van der Waals surface area (Å²) in [6.07, 6.45) is 11.5. The van der Waals surface area contributed by atoms with Gasteiger partial charge >= 0.3 is 0 Å². The van der Waals surface area contributed by atoms with Crippen molar-refractivity contribution in [3.8, 4) is 0 Å². The number of rotatable bonds is 4. The standard InChI is InChI=1S/C16H27N3O/c1-13-11-14(8-10-20-13)17-12-15-7-9-19(18-15)16-5-3-2-4-6-16/h7,9,13-14,16-17H,2-6,8,10-12H2,1H3. The molecule has 1 aromatic rings. The Morgan fingerprint density at radius 3 is 2.95 bits per heavy atom. The Morgan fingerprint density at radius 1 is 1.30 bits per heavy atom. The first-order valence-corrected chi connectivity index (χ1v) is 8.20. The summed E-state index contributed by atoms with van der Waals surface area (Å²) in [4.78, 5) is 0. The molecule has 2 heterocycles. The van der Waals surface area contributed by atoms with E-state index in [4.69, 9.17) is 9.84 Å². The van der Waals surface area contributed by atoms with E-state index in [-0.39, 0.29) is 0 Å². The minimum absolute atomic E-state index is 0.390. The summed E-state index contributed by atoms with van der Waals surface area (Å²) in [5.74, 6) is 0. The molecule has 2 unspecified atom stereocenters. The van der Waals surface area contributed by atoms with Crippen LogP contribution >= 0.6 is 0 Å². The number of ether oxygens (including phenoxy) is 1. The zero-order valence-corrected chi connectivity index (χ0v) is 12.6. The maximum atomic E-state index is 5.58. The van der Waals surface area contributed by atoms with E-state index in [9.17, 15) is 0 Å². The van der Waals surface area contributed by atoms with Gasteiger partial charge in [0.15, 0.2) is 0 Å². The Labute approximate surface area is 121 Å². The van der Waals surface area contributed by atoms with Crippen molar-refractivity contribution in [2.45, 2.75) is 76.6 Å². The number of nitrogens with zero attached hydrogens (tertiary/aromatic N) is 2. The van der Waals surface area contributed by atoms with Crippen LogP contribution in [0.2, 0.25) is 0 Å². The SMILES string of the molecule is CC1CC(NCc2ccn(C3CCCCC3)n2)CCO1. The van der Waals surface area contributed by atoms with Crippen molar-refractivity contribution in [3.63, 3.8) is 0 Å². The first kappa shape index (κ1) is 14.1. The molecule has 1 aliphatic carbocycles. The van der Waals surface area contributed by atoms with Gasteiger partial charge in [-0.05, 0) is 38.7 Å². The maximum absolute atomic E-state index is 5.58. The molecule has 0 radical (unpaired) electrons. The van der Waals surface area contributed by atoms with E-state index in [1.165, 1.54) is 37.8 Å². The van der Waals surface area contributed by atoms with Crippen LogP contribution in [0.25, 0.3) is 0 Å². The van der Waals surface area contributed by atoms with Gasteiger partial charge in [-0.1, -0.05) is 19.3 Å². The number of nitrogens with one attached hydrogen (secondary N) is 1. The quantitative estimate of drug-likeness (QED) is 0.919. The van der Waals surface area contributed by atoms with Crippen molar-refractivity contribution in [3.05, 3.63) is 18.0 Å². The van der Waals surface area contributed by atoms with Crippen LogP contribution in [0.3, 0.4) is 0 Å². The van der Waals surface area contributed by atoms with Crippen LogP contribution in [0.15, 0.2) is 12.3 Å². The molecule has 3 rings (SSSR count). The third kappa shape index (κ3) is 3.61. The fourth-order valence-corrected chi connectivity index (χ4v) is 3.45. The second kappa shape index (κ2) is 6.72. The van der Waals surface area contributed by atoms with Crippen LogP contribution in [0, 0.1) is 0 Å². The Balaban J connectivity index is 1.49. The number of aromatic nitrogens is 2. The van der Waals surface area contributed by atoms with Gasteiger partial charge in [0, 0.05) is 25.4 Å². The predicted octanol–water partition coefficient (Wildman–Crippen LogP) is 3.05. The lowest BCUT2D eigenvalue weighted by molar-refractivity contribution is 0.0130. The maximum Gasteiger partial charge on any atom is 0.0762 e. The van der Waals surface area contributed by atoms with Crippen LogP contribution in [0.1, 0.15) is 63.6 Å². The zero-order valence-electron chi connectivity index (χ0n) is 12.6. The Hall–Kier alpha value is -0.870. The van der Waals surface area contributed by atoms with Gasteiger partial charge in [-0.2, -0.15) is 5.10 Å². The lowest BCUT2D eigenvalue weighted by Gasteiger charge is -2.27. The van der Waals surface area contributed by atoms with Crippen LogP contribution in [-0.4, -0.2) is 28.5 Å². The van der Waals surface area contributed by atoms with Crippen molar-refractivity contribution in [1.29, 1.82) is 0 Å². The number of hydrogen-bond acceptors (Lipinski definition) is 3. The molecule has 0 spiro atoms. The van der Waals surface area contributed by atoms with E-state index in [1.54, 1.807) is 0 Å². The van der Waals surface area contributed by atoms with Crippen molar-refractivity contribution < 1.29 is 4.74 Å². The molecule has 1 aromatic heterocycles. The van der Waals surface area contributed by atoms with E-state index < -0.39 is 0 Å². The molecule has 1 saturated heterocycles. The van der Waals surface area contributed by atoms with Gasteiger partial charge < -0.3 is 10.1 Å². The molecule has 1 saturated carbocycles. The van der Waals surface area contributed by atoms with Crippen LogP contribution in [0.4, 0.5) is 0 Å². The second-order valence-electron chi connectivity index (χ2n) is 6.36. The highest BCUT2D eigenvalue weighted by Gasteiger charge is 2.19.